The summed E-state index contributed by atoms with van der Waals surface area (Å²) in [5, 5.41) is 51.5. The molecule has 4 N–H and O–H groups in total. The summed E-state index contributed by atoms with van der Waals surface area (Å²) in [6.45, 7) is 20.6. The summed E-state index contributed by atoms with van der Waals surface area (Å²) in [7, 11) is 0. The van der Waals surface area contributed by atoms with Gasteiger partial charge in [0.15, 0.2) is 11.6 Å². The molecule has 426 valence electrons. The van der Waals surface area contributed by atoms with Gasteiger partial charge in [0.1, 0.15) is 28.4 Å². The number of phenolic OH excluding ortho intramolecular Hbond substituents is 2. The van der Waals surface area contributed by atoms with Crippen molar-refractivity contribution < 1.29 is 42.9 Å². The SMILES string of the molecule is Cc1sc2c(c1C)C(c1ccc(Cl)cc1)=N[C@@H](CC(=O)N1CCC(CN3CCN(Cc4ccc(-n5c(C(=O)NCCN6CCCCC6)nnc5-c5cc(C(C)C)c(O)cc5O)cc4)CC3)CC1)c1nnc(C)n1-2.O=C(O)C(F)(F)F. The Morgan fingerprint density at radius 2 is 1.46 bits per heavy atom. The molecule has 3 fully saturated rings. The molecular weight excluding hydrogens is 1070 g/mol. The Kier molecular flexibility index (Phi) is 18.1. The number of amides is 2. The second kappa shape index (κ2) is 25.0. The van der Waals surface area contributed by atoms with E-state index in [0.717, 1.165) is 118 Å². The minimum atomic E-state index is -5.08. The summed E-state index contributed by atoms with van der Waals surface area (Å²) in [5.74, 6) is -0.698. The number of fused-ring (bicyclic) bond motifs is 3. The number of aryl methyl sites for hydroxylation is 2. The molecule has 0 radical (unpaired) electrons. The van der Waals surface area contributed by atoms with E-state index in [1.54, 1.807) is 22.0 Å². The van der Waals surface area contributed by atoms with Crippen LogP contribution in [0, 0.1) is 26.7 Å². The van der Waals surface area contributed by atoms with Crippen LogP contribution in [0.2, 0.25) is 5.02 Å². The van der Waals surface area contributed by atoms with E-state index in [-0.39, 0.29) is 41.5 Å². The highest BCUT2D eigenvalue weighted by molar-refractivity contribution is 7.15. The number of rotatable bonds is 14. The molecule has 4 aliphatic heterocycles. The third-order valence-corrected chi connectivity index (χ3v) is 17.0. The van der Waals surface area contributed by atoms with E-state index in [1.165, 1.54) is 35.8 Å². The van der Waals surface area contributed by atoms with E-state index < -0.39 is 18.2 Å². The number of piperidine rings is 2. The lowest BCUT2D eigenvalue weighted by molar-refractivity contribution is -0.192. The molecule has 23 heteroatoms. The van der Waals surface area contributed by atoms with Crippen LogP contribution in [0.1, 0.15) is 119 Å². The number of aliphatic imine (C=N–C) groups is 1. The third-order valence-electron chi connectivity index (χ3n) is 15.6. The normalized spacial score (nSPS) is 17.6. The van der Waals surface area contributed by atoms with Crippen molar-refractivity contribution in [1.29, 1.82) is 0 Å². The number of carboxylic acid groups (broad SMARTS) is 1. The topological polar surface area (TPSA) is 211 Å². The molecule has 2 amide bonds. The number of carbonyl (C=O) groups is 3. The van der Waals surface area contributed by atoms with Gasteiger partial charge in [0.05, 0.1) is 17.7 Å². The summed E-state index contributed by atoms with van der Waals surface area (Å²) in [5.41, 5.74) is 6.94. The van der Waals surface area contributed by atoms with Gasteiger partial charge in [-0.05, 0) is 118 Å². The van der Waals surface area contributed by atoms with Gasteiger partial charge in [0.25, 0.3) is 5.91 Å². The van der Waals surface area contributed by atoms with Crippen LogP contribution >= 0.6 is 22.9 Å². The van der Waals surface area contributed by atoms with E-state index >= 15 is 0 Å². The minimum absolute atomic E-state index is 0.00555. The highest BCUT2D eigenvalue weighted by atomic mass is 35.5. The molecule has 0 bridgehead atoms. The van der Waals surface area contributed by atoms with Gasteiger partial charge in [-0.3, -0.25) is 28.6 Å². The lowest BCUT2D eigenvalue weighted by Crippen LogP contribution is -2.48. The molecule has 10 rings (SSSR count). The number of hydrogen-bond donors (Lipinski definition) is 4. The first-order chi connectivity index (χ1) is 38.2. The molecule has 4 aliphatic rings. The first kappa shape index (κ1) is 58.0. The number of aromatic hydroxyl groups is 2. The fourth-order valence-electron chi connectivity index (χ4n) is 11.0. The standard InChI is InChI=1S/C55H67ClN12O4S.C2HF3O2/c1-34(2)43-29-44(47(70)31-46(43)69)51-60-62-53(54(72)57-19-24-63-20-7-6-8-21-63)68(51)42-15-9-38(10-16-42)32-64-25-27-65(28-26-64)33-39-17-22-66(23-18-39)48(71)30-45-52-61-59-37(5)67(52)55-49(35(3)36(4)73-55)50(58-45)40-11-13-41(56)14-12-40;3-2(4,5)1(6)7/h9-16,29,31,34,39,45,69-70H,6-8,17-28,30,32-33H2,1-5H3,(H,57,72);(H,6,7)/t45-;/m0./s1. The number of carboxylic acids is 1. The Balaban J connectivity index is 0.00000104. The van der Waals surface area contributed by atoms with Crippen LogP contribution in [0.25, 0.3) is 22.1 Å². The van der Waals surface area contributed by atoms with Crippen molar-refractivity contribution >= 4 is 46.4 Å². The van der Waals surface area contributed by atoms with E-state index in [2.05, 4.69) is 71.0 Å². The summed E-state index contributed by atoms with van der Waals surface area (Å²) in [4.78, 5) is 52.8. The van der Waals surface area contributed by atoms with Crippen LogP contribution in [0.3, 0.4) is 0 Å². The maximum absolute atomic E-state index is 14.2. The number of halogens is 4. The predicted octanol–water partition coefficient (Wildman–Crippen LogP) is 8.88. The van der Waals surface area contributed by atoms with Crippen molar-refractivity contribution in [3.8, 4) is 33.6 Å². The van der Waals surface area contributed by atoms with Crippen molar-refractivity contribution in [2.75, 3.05) is 72.0 Å². The van der Waals surface area contributed by atoms with Crippen molar-refractivity contribution in [3.05, 3.63) is 116 Å². The van der Waals surface area contributed by atoms with Crippen LogP contribution in [-0.2, 0) is 16.1 Å². The number of alkyl halides is 3. The third kappa shape index (κ3) is 13.2. The quantitative estimate of drug-likeness (QED) is 0.0804. The fourth-order valence-corrected chi connectivity index (χ4v) is 12.3. The summed E-state index contributed by atoms with van der Waals surface area (Å²) in [6, 6.07) is 18.5. The number of likely N-dealkylation sites (tertiary alicyclic amines) is 2. The molecule has 3 aromatic carbocycles. The van der Waals surface area contributed by atoms with Gasteiger partial charge in [0, 0.05) is 98.2 Å². The van der Waals surface area contributed by atoms with Crippen LogP contribution in [0.4, 0.5) is 13.2 Å². The number of phenols is 2. The molecular formula is C57H68ClF3N12O6S. The number of carbonyl (C=O) groups excluding carboxylic acids is 2. The zero-order chi connectivity index (χ0) is 57.0. The van der Waals surface area contributed by atoms with Gasteiger partial charge in [-0.1, -0.05) is 56.1 Å². The van der Waals surface area contributed by atoms with Crippen molar-refractivity contribution in [1.82, 2.24) is 54.4 Å². The van der Waals surface area contributed by atoms with Gasteiger partial charge in [0.2, 0.25) is 11.7 Å². The molecule has 7 heterocycles. The van der Waals surface area contributed by atoms with Crippen molar-refractivity contribution in [2.45, 2.75) is 97.8 Å². The molecule has 0 saturated carbocycles. The van der Waals surface area contributed by atoms with E-state index in [0.29, 0.717) is 45.9 Å². The van der Waals surface area contributed by atoms with Crippen LogP contribution < -0.4 is 5.32 Å². The Labute approximate surface area is 471 Å². The maximum atomic E-state index is 14.2. The van der Waals surface area contributed by atoms with Gasteiger partial charge in [-0.25, -0.2) is 4.79 Å². The van der Waals surface area contributed by atoms with Crippen LogP contribution in [0.15, 0.2) is 65.7 Å². The zero-order valence-corrected chi connectivity index (χ0v) is 47.2. The number of aromatic nitrogens is 6. The Hall–Kier alpha value is -6.72. The first-order valence-electron chi connectivity index (χ1n) is 27.2. The number of thiophene rings is 1. The van der Waals surface area contributed by atoms with Crippen LogP contribution in [-0.4, -0.2) is 166 Å². The Morgan fingerprint density at radius 1 is 0.800 bits per heavy atom. The van der Waals surface area contributed by atoms with E-state index in [1.807, 2.05) is 62.1 Å². The van der Waals surface area contributed by atoms with Gasteiger partial charge in [-0.15, -0.1) is 31.7 Å². The van der Waals surface area contributed by atoms with E-state index in [4.69, 9.17) is 26.5 Å². The smallest absolute Gasteiger partial charge is 0.490 e. The maximum Gasteiger partial charge on any atom is 0.490 e. The van der Waals surface area contributed by atoms with Gasteiger partial charge in [-0.2, -0.15) is 13.2 Å². The Morgan fingerprint density at radius 3 is 2.11 bits per heavy atom. The van der Waals surface area contributed by atoms with Crippen molar-refractivity contribution in [2.24, 2.45) is 10.9 Å². The lowest BCUT2D eigenvalue weighted by atomic mass is 9.95. The second-order valence-corrected chi connectivity index (χ2v) is 23.0. The molecule has 0 unspecified atom stereocenters. The molecule has 3 saturated heterocycles. The van der Waals surface area contributed by atoms with Crippen molar-refractivity contribution in [3.63, 3.8) is 0 Å². The number of benzene rings is 3. The van der Waals surface area contributed by atoms with Gasteiger partial charge >= 0.3 is 12.1 Å². The fraction of sp³-hybridized carbons (Fsp3) is 0.474. The number of piperazine rings is 1. The largest absolute Gasteiger partial charge is 0.508 e. The number of aliphatic carboxylic acids is 1. The number of nitrogens with one attached hydrogen (secondary N) is 1. The summed E-state index contributed by atoms with van der Waals surface area (Å²) < 4.78 is 35.5. The first-order valence-corrected chi connectivity index (χ1v) is 28.4. The monoisotopic (exact) mass is 1140 g/mol. The zero-order valence-electron chi connectivity index (χ0n) is 45.6. The molecule has 0 aliphatic carbocycles. The molecule has 0 spiro atoms. The number of nitrogens with zero attached hydrogens (tertiary/aromatic N) is 11. The molecule has 80 heavy (non-hydrogen) atoms. The predicted molar refractivity (Wildman–Crippen MR) is 299 cm³/mol. The second-order valence-electron chi connectivity index (χ2n) is 21.4. The lowest BCUT2D eigenvalue weighted by Gasteiger charge is -2.39. The average molecular weight is 1140 g/mol. The number of hydrogen-bond acceptors (Lipinski definition) is 14. The van der Waals surface area contributed by atoms with E-state index in [9.17, 15) is 33.0 Å². The van der Waals surface area contributed by atoms with Crippen LogP contribution in [0.5, 0.6) is 11.5 Å². The highest BCUT2D eigenvalue weighted by Gasteiger charge is 2.38. The summed E-state index contributed by atoms with van der Waals surface area (Å²) >= 11 is 8.03. The summed E-state index contributed by atoms with van der Waals surface area (Å²) in [6.07, 6.45) is 0.675. The molecule has 6 aromatic rings. The average Bonchev–Trinajstić information content (AvgIpc) is 4.23. The molecule has 18 nitrogen and oxygen atoms in total. The Bertz CT molecular complexity index is 3210. The highest BCUT2D eigenvalue weighted by Crippen LogP contribution is 2.41. The molecule has 3 aromatic heterocycles. The van der Waals surface area contributed by atoms with Gasteiger partial charge < -0.3 is 35.3 Å². The molecule has 1 atom stereocenters. The minimum Gasteiger partial charge on any atom is -0.508 e.